The fraction of sp³-hybridized carbons (Fsp3) is 0.714. The number of aliphatic hydroxyl groups is 1. The molecular formula is C7H12O5. The second-order valence-electron chi connectivity index (χ2n) is 2.12. The average molecular weight is 176 g/mol. The highest BCUT2D eigenvalue weighted by atomic mass is 16.6. The van der Waals surface area contributed by atoms with Gasteiger partial charge in [0.15, 0.2) is 0 Å². The highest BCUT2D eigenvalue weighted by Gasteiger charge is 2.18. The van der Waals surface area contributed by atoms with Crippen LogP contribution in [0, 0.1) is 0 Å². The molecule has 0 aliphatic heterocycles. The van der Waals surface area contributed by atoms with Crippen LogP contribution in [0.25, 0.3) is 0 Å². The van der Waals surface area contributed by atoms with E-state index in [9.17, 15) is 9.59 Å². The second-order valence-corrected chi connectivity index (χ2v) is 2.12. The molecule has 1 N–H and O–H groups in total. The van der Waals surface area contributed by atoms with Gasteiger partial charge < -0.3 is 14.6 Å². The molecule has 0 aliphatic rings. The molecule has 0 aliphatic carbocycles. The van der Waals surface area contributed by atoms with Crippen molar-refractivity contribution in [3.05, 3.63) is 0 Å². The Labute approximate surface area is 70.3 Å². The van der Waals surface area contributed by atoms with Crippen LogP contribution in [-0.2, 0) is 19.1 Å². The highest BCUT2D eigenvalue weighted by molar-refractivity contribution is 6.29. The van der Waals surface area contributed by atoms with Gasteiger partial charge in [0.05, 0.1) is 13.2 Å². The molecule has 0 spiro atoms. The van der Waals surface area contributed by atoms with Crippen LogP contribution in [0.5, 0.6) is 0 Å². The van der Waals surface area contributed by atoms with Crippen molar-refractivity contribution in [1.29, 1.82) is 0 Å². The van der Waals surface area contributed by atoms with E-state index in [0.717, 1.165) is 0 Å². The first-order chi connectivity index (χ1) is 5.61. The van der Waals surface area contributed by atoms with Crippen molar-refractivity contribution in [1.82, 2.24) is 0 Å². The predicted octanol–water partition coefficient (Wildman–Crippen LogP) is -0.527. The Kier molecular flexibility index (Phi) is 5.03. The van der Waals surface area contributed by atoms with Gasteiger partial charge in [0.25, 0.3) is 0 Å². The number of ether oxygens (including phenoxy) is 2. The third-order valence-electron chi connectivity index (χ3n) is 1.01. The monoisotopic (exact) mass is 176 g/mol. The first-order valence-electron chi connectivity index (χ1n) is 3.60. The van der Waals surface area contributed by atoms with Crippen LogP contribution < -0.4 is 0 Å². The van der Waals surface area contributed by atoms with Crippen LogP contribution in [0.2, 0.25) is 0 Å². The third-order valence-corrected chi connectivity index (χ3v) is 1.01. The molecule has 12 heavy (non-hydrogen) atoms. The van der Waals surface area contributed by atoms with Crippen molar-refractivity contribution < 1.29 is 24.2 Å². The molecule has 0 saturated heterocycles. The highest BCUT2D eigenvalue weighted by Crippen LogP contribution is 1.91. The molecule has 0 radical (unpaired) electrons. The molecule has 1 unspecified atom stereocenters. The van der Waals surface area contributed by atoms with Crippen LogP contribution in [-0.4, -0.2) is 36.4 Å². The van der Waals surface area contributed by atoms with Gasteiger partial charge in [-0.3, -0.25) is 0 Å². The zero-order chi connectivity index (χ0) is 9.56. The molecule has 0 aromatic rings. The van der Waals surface area contributed by atoms with Crippen LogP contribution >= 0.6 is 0 Å². The molecule has 0 amide bonds. The topological polar surface area (TPSA) is 72.8 Å². The molecule has 5 heteroatoms. The standard InChI is InChI=1S/C7H12O5/c1-3-11-6(9)7(10)12-5(2)4-8/h5,8H,3-4H2,1-2H3. The molecule has 0 fully saturated rings. The number of carbonyl (C=O) groups is 2. The minimum Gasteiger partial charge on any atom is -0.458 e. The number of carbonyl (C=O) groups excluding carboxylic acids is 2. The predicted molar refractivity (Wildman–Crippen MR) is 39.3 cm³/mol. The molecular weight excluding hydrogens is 164 g/mol. The van der Waals surface area contributed by atoms with Gasteiger partial charge in [-0.1, -0.05) is 0 Å². The molecule has 0 aromatic heterocycles. The lowest BCUT2D eigenvalue weighted by Gasteiger charge is -2.08. The first kappa shape index (κ1) is 10.9. The molecule has 70 valence electrons. The Hall–Kier alpha value is -1.10. The van der Waals surface area contributed by atoms with Gasteiger partial charge in [0.1, 0.15) is 6.10 Å². The van der Waals surface area contributed by atoms with Gasteiger partial charge in [-0.2, -0.15) is 0 Å². The van der Waals surface area contributed by atoms with E-state index in [1.807, 2.05) is 0 Å². The molecule has 0 heterocycles. The minimum atomic E-state index is -1.07. The normalized spacial score (nSPS) is 11.9. The fourth-order valence-electron chi connectivity index (χ4n) is 0.458. The van der Waals surface area contributed by atoms with Gasteiger partial charge in [0, 0.05) is 0 Å². The van der Waals surface area contributed by atoms with E-state index in [2.05, 4.69) is 9.47 Å². The van der Waals surface area contributed by atoms with Gasteiger partial charge in [0.2, 0.25) is 0 Å². The Bertz CT molecular complexity index is 165. The Morgan fingerprint density at radius 1 is 1.42 bits per heavy atom. The summed E-state index contributed by atoms with van der Waals surface area (Å²) in [6.07, 6.45) is -0.679. The lowest BCUT2D eigenvalue weighted by atomic mass is 10.4. The van der Waals surface area contributed by atoms with Crippen molar-refractivity contribution in [3.63, 3.8) is 0 Å². The van der Waals surface area contributed by atoms with Gasteiger partial charge in [-0.05, 0) is 13.8 Å². The number of esters is 2. The summed E-state index contributed by atoms with van der Waals surface area (Å²) in [4.78, 5) is 21.3. The van der Waals surface area contributed by atoms with Gasteiger partial charge >= 0.3 is 11.9 Å². The van der Waals surface area contributed by atoms with Gasteiger partial charge in [-0.25, -0.2) is 9.59 Å². The minimum absolute atomic E-state index is 0.126. The van der Waals surface area contributed by atoms with Crippen molar-refractivity contribution in [2.24, 2.45) is 0 Å². The molecule has 1 atom stereocenters. The van der Waals surface area contributed by atoms with Crippen molar-refractivity contribution >= 4 is 11.9 Å². The zero-order valence-electron chi connectivity index (χ0n) is 7.07. The average Bonchev–Trinajstić information content (AvgIpc) is 2.04. The van der Waals surface area contributed by atoms with Crippen molar-refractivity contribution in [2.45, 2.75) is 20.0 Å². The summed E-state index contributed by atoms with van der Waals surface area (Å²) in [6.45, 7) is 2.87. The third kappa shape index (κ3) is 3.92. The lowest BCUT2D eigenvalue weighted by molar-refractivity contribution is -0.171. The Morgan fingerprint density at radius 3 is 2.42 bits per heavy atom. The van der Waals surface area contributed by atoms with E-state index in [1.165, 1.54) is 6.92 Å². The van der Waals surface area contributed by atoms with E-state index < -0.39 is 18.0 Å². The van der Waals surface area contributed by atoms with Crippen LogP contribution in [0.1, 0.15) is 13.8 Å². The molecule has 0 rings (SSSR count). The maximum atomic E-state index is 10.7. The van der Waals surface area contributed by atoms with E-state index in [1.54, 1.807) is 6.92 Å². The summed E-state index contributed by atoms with van der Waals surface area (Å²) < 4.78 is 8.80. The first-order valence-corrected chi connectivity index (χ1v) is 3.60. The maximum Gasteiger partial charge on any atom is 0.417 e. The second kappa shape index (κ2) is 5.54. The van der Waals surface area contributed by atoms with E-state index in [-0.39, 0.29) is 13.2 Å². The number of hydrogen-bond donors (Lipinski definition) is 1. The summed E-state index contributed by atoms with van der Waals surface area (Å²) in [7, 11) is 0. The van der Waals surface area contributed by atoms with Crippen LogP contribution in [0.4, 0.5) is 0 Å². The largest absolute Gasteiger partial charge is 0.458 e. The molecule has 5 nitrogen and oxygen atoms in total. The smallest absolute Gasteiger partial charge is 0.417 e. The lowest BCUT2D eigenvalue weighted by Crippen LogP contribution is -2.26. The van der Waals surface area contributed by atoms with E-state index >= 15 is 0 Å². The molecule has 0 bridgehead atoms. The van der Waals surface area contributed by atoms with Gasteiger partial charge in [-0.15, -0.1) is 0 Å². The summed E-state index contributed by atoms with van der Waals surface area (Å²) in [5, 5.41) is 8.47. The zero-order valence-corrected chi connectivity index (χ0v) is 7.07. The van der Waals surface area contributed by atoms with Crippen LogP contribution in [0.15, 0.2) is 0 Å². The maximum absolute atomic E-state index is 10.7. The molecule has 0 saturated carbocycles. The number of rotatable bonds is 3. The van der Waals surface area contributed by atoms with E-state index in [4.69, 9.17) is 5.11 Å². The van der Waals surface area contributed by atoms with E-state index in [0.29, 0.717) is 0 Å². The van der Waals surface area contributed by atoms with Crippen molar-refractivity contribution in [3.8, 4) is 0 Å². The quantitative estimate of drug-likeness (QED) is 0.462. The van der Waals surface area contributed by atoms with Crippen molar-refractivity contribution in [2.75, 3.05) is 13.2 Å². The summed E-state index contributed by atoms with van der Waals surface area (Å²) in [6, 6.07) is 0. The fourth-order valence-corrected chi connectivity index (χ4v) is 0.458. The summed E-state index contributed by atoms with van der Waals surface area (Å²) >= 11 is 0. The molecule has 0 aromatic carbocycles. The Balaban J connectivity index is 3.79. The number of aliphatic hydroxyl groups excluding tert-OH is 1. The summed E-state index contributed by atoms with van der Waals surface area (Å²) in [5.41, 5.74) is 0. The Morgan fingerprint density at radius 2 is 2.00 bits per heavy atom. The SMILES string of the molecule is CCOC(=O)C(=O)OC(C)CO. The summed E-state index contributed by atoms with van der Waals surface area (Å²) in [5.74, 6) is -2.10. The number of hydrogen-bond acceptors (Lipinski definition) is 5. The van der Waals surface area contributed by atoms with Crippen LogP contribution in [0.3, 0.4) is 0 Å².